The molecule has 0 aliphatic carbocycles. The van der Waals surface area contributed by atoms with Crippen molar-refractivity contribution in [3.63, 3.8) is 0 Å². The summed E-state index contributed by atoms with van der Waals surface area (Å²) < 4.78 is 0. The van der Waals surface area contributed by atoms with Gasteiger partial charge in [-0.1, -0.05) is 12.1 Å². The SMILES string of the molecule is CCN(CC(O)CS)c1cccc(C)c1.[NaH]. The molecule has 0 amide bonds. The maximum atomic E-state index is 9.57. The third kappa shape index (κ3) is 5.11. The number of benzene rings is 1. The van der Waals surface area contributed by atoms with Gasteiger partial charge < -0.3 is 10.0 Å². The van der Waals surface area contributed by atoms with Crippen molar-refractivity contribution in [1.82, 2.24) is 0 Å². The summed E-state index contributed by atoms with van der Waals surface area (Å²) in [4.78, 5) is 2.16. The first-order valence-corrected chi connectivity index (χ1v) is 5.91. The van der Waals surface area contributed by atoms with Gasteiger partial charge in [-0.15, -0.1) is 0 Å². The molecular weight excluding hydrogens is 229 g/mol. The second-order valence-corrected chi connectivity index (χ2v) is 4.08. The molecule has 0 spiro atoms. The summed E-state index contributed by atoms with van der Waals surface area (Å²) in [5, 5.41) is 9.57. The number of hydrogen-bond acceptors (Lipinski definition) is 3. The number of likely N-dealkylation sites (N-methyl/N-ethyl adjacent to an activating group) is 1. The predicted octanol–water partition coefficient (Wildman–Crippen LogP) is 1.46. The molecule has 1 unspecified atom stereocenters. The van der Waals surface area contributed by atoms with Gasteiger partial charge in [0.2, 0.25) is 0 Å². The van der Waals surface area contributed by atoms with Gasteiger partial charge in [0.15, 0.2) is 0 Å². The van der Waals surface area contributed by atoms with Crippen LogP contribution in [0.5, 0.6) is 0 Å². The molecule has 1 aromatic rings. The number of anilines is 1. The van der Waals surface area contributed by atoms with Crippen molar-refractivity contribution in [3.8, 4) is 0 Å². The van der Waals surface area contributed by atoms with E-state index in [1.54, 1.807) is 0 Å². The van der Waals surface area contributed by atoms with Crippen molar-refractivity contribution in [2.45, 2.75) is 20.0 Å². The van der Waals surface area contributed by atoms with Gasteiger partial charge in [0.05, 0.1) is 6.10 Å². The Balaban J connectivity index is 0.00000225. The van der Waals surface area contributed by atoms with E-state index >= 15 is 0 Å². The molecule has 0 bridgehead atoms. The molecule has 0 saturated carbocycles. The van der Waals surface area contributed by atoms with Crippen molar-refractivity contribution in [3.05, 3.63) is 29.8 Å². The van der Waals surface area contributed by atoms with E-state index in [1.165, 1.54) is 11.3 Å². The minimum atomic E-state index is -0.367. The van der Waals surface area contributed by atoms with E-state index < -0.39 is 0 Å². The van der Waals surface area contributed by atoms with Crippen LogP contribution in [0.15, 0.2) is 24.3 Å². The fourth-order valence-electron chi connectivity index (χ4n) is 1.55. The van der Waals surface area contributed by atoms with Crippen molar-refractivity contribution in [1.29, 1.82) is 0 Å². The summed E-state index contributed by atoms with van der Waals surface area (Å²) in [6, 6.07) is 8.32. The summed E-state index contributed by atoms with van der Waals surface area (Å²) in [6.45, 7) is 5.71. The zero-order chi connectivity index (χ0) is 11.3. The summed E-state index contributed by atoms with van der Waals surface area (Å²) in [5.41, 5.74) is 2.41. The third-order valence-electron chi connectivity index (χ3n) is 2.39. The second kappa shape index (κ2) is 8.43. The normalized spacial score (nSPS) is 11.8. The van der Waals surface area contributed by atoms with Crippen LogP contribution in [0.4, 0.5) is 5.69 Å². The van der Waals surface area contributed by atoms with E-state index in [2.05, 4.69) is 49.6 Å². The Bertz CT molecular complexity index is 309. The molecule has 1 atom stereocenters. The van der Waals surface area contributed by atoms with Crippen molar-refractivity contribution < 1.29 is 5.11 Å². The molecular formula is C12H20NNaOS. The van der Waals surface area contributed by atoms with E-state index in [0.29, 0.717) is 12.3 Å². The molecule has 0 aliphatic heterocycles. The van der Waals surface area contributed by atoms with Gasteiger partial charge in [-0.25, -0.2) is 0 Å². The summed E-state index contributed by atoms with van der Waals surface area (Å²) in [7, 11) is 0. The Hall–Kier alpha value is 0.330. The van der Waals surface area contributed by atoms with Crippen molar-refractivity contribution in [2.24, 2.45) is 0 Å². The van der Waals surface area contributed by atoms with Crippen LogP contribution in [-0.4, -0.2) is 59.6 Å². The van der Waals surface area contributed by atoms with Crippen molar-refractivity contribution >= 4 is 47.9 Å². The zero-order valence-electron chi connectivity index (χ0n) is 9.35. The van der Waals surface area contributed by atoms with E-state index in [0.717, 1.165) is 6.54 Å². The molecule has 0 heterocycles. The number of thiol groups is 1. The fourth-order valence-corrected chi connectivity index (χ4v) is 1.67. The van der Waals surface area contributed by atoms with Crippen LogP contribution in [-0.2, 0) is 0 Å². The van der Waals surface area contributed by atoms with E-state index in [9.17, 15) is 5.11 Å². The van der Waals surface area contributed by atoms with Gasteiger partial charge in [-0.3, -0.25) is 0 Å². The van der Waals surface area contributed by atoms with E-state index in [-0.39, 0.29) is 35.7 Å². The average Bonchev–Trinajstić information content (AvgIpc) is 2.25. The van der Waals surface area contributed by atoms with Crippen LogP contribution in [0.2, 0.25) is 0 Å². The number of hydrogen-bond donors (Lipinski definition) is 2. The molecule has 0 saturated heterocycles. The van der Waals surface area contributed by atoms with Crippen LogP contribution in [0, 0.1) is 6.92 Å². The molecule has 1 N–H and O–H groups in total. The van der Waals surface area contributed by atoms with Crippen LogP contribution in [0.25, 0.3) is 0 Å². The monoisotopic (exact) mass is 249 g/mol. The first-order chi connectivity index (χ1) is 7.17. The van der Waals surface area contributed by atoms with Crippen molar-refractivity contribution in [2.75, 3.05) is 23.7 Å². The Morgan fingerprint density at radius 1 is 1.44 bits per heavy atom. The Morgan fingerprint density at radius 3 is 2.62 bits per heavy atom. The van der Waals surface area contributed by atoms with Gasteiger partial charge in [0.1, 0.15) is 0 Å². The van der Waals surface area contributed by atoms with Gasteiger partial charge in [0, 0.05) is 24.5 Å². The first-order valence-electron chi connectivity index (χ1n) is 5.28. The second-order valence-electron chi connectivity index (χ2n) is 3.71. The van der Waals surface area contributed by atoms with Gasteiger partial charge >= 0.3 is 29.6 Å². The summed E-state index contributed by atoms with van der Waals surface area (Å²) >= 11 is 4.09. The summed E-state index contributed by atoms with van der Waals surface area (Å²) in [6.07, 6.45) is -0.367. The van der Waals surface area contributed by atoms with E-state index in [1.807, 2.05) is 6.07 Å². The van der Waals surface area contributed by atoms with Gasteiger partial charge in [-0.05, 0) is 31.5 Å². The first kappa shape index (κ1) is 16.3. The molecule has 0 aliphatic rings. The molecule has 0 radical (unpaired) electrons. The number of nitrogens with zero attached hydrogens (tertiary/aromatic N) is 1. The Kier molecular flexibility index (Phi) is 8.60. The Morgan fingerprint density at radius 2 is 2.12 bits per heavy atom. The quantitative estimate of drug-likeness (QED) is 0.610. The van der Waals surface area contributed by atoms with Crippen LogP contribution in [0.3, 0.4) is 0 Å². The minimum absolute atomic E-state index is 0. The van der Waals surface area contributed by atoms with Crippen LogP contribution < -0.4 is 4.90 Å². The standard InChI is InChI=1S/C12H19NOS.Na.H/c1-3-13(8-12(14)9-15)11-6-4-5-10(2)7-11;;/h4-7,12,14-15H,3,8-9H2,1-2H3;;. The molecule has 1 aromatic carbocycles. The van der Waals surface area contributed by atoms with Crippen LogP contribution >= 0.6 is 12.6 Å². The average molecular weight is 249 g/mol. The third-order valence-corrected chi connectivity index (χ3v) is 2.81. The van der Waals surface area contributed by atoms with Crippen LogP contribution in [0.1, 0.15) is 12.5 Å². The zero-order valence-corrected chi connectivity index (χ0v) is 10.2. The van der Waals surface area contributed by atoms with Gasteiger partial charge in [0.25, 0.3) is 0 Å². The number of rotatable bonds is 5. The number of aryl methyl sites for hydroxylation is 1. The molecule has 16 heavy (non-hydrogen) atoms. The fraction of sp³-hybridized carbons (Fsp3) is 0.500. The van der Waals surface area contributed by atoms with E-state index in [4.69, 9.17) is 0 Å². The topological polar surface area (TPSA) is 23.5 Å². The summed E-state index contributed by atoms with van der Waals surface area (Å²) in [5.74, 6) is 0.502. The molecule has 4 heteroatoms. The molecule has 86 valence electrons. The predicted molar refractivity (Wildman–Crippen MR) is 76.1 cm³/mol. The molecule has 1 rings (SSSR count). The number of aliphatic hydroxyl groups excluding tert-OH is 1. The number of aliphatic hydroxyl groups is 1. The van der Waals surface area contributed by atoms with Gasteiger partial charge in [-0.2, -0.15) is 12.6 Å². The Labute approximate surface area is 126 Å². The maximum absolute atomic E-state index is 9.57. The molecule has 2 nitrogen and oxygen atoms in total. The molecule has 0 aromatic heterocycles. The molecule has 0 fully saturated rings.